The summed E-state index contributed by atoms with van der Waals surface area (Å²) in [5.74, 6) is 0. The molecule has 2 aromatic carbocycles. The first-order valence-corrected chi connectivity index (χ1v) is 12.3. The molecule has 2 fully saturated rings. The highest BCUT2D eigenvalue weighted by Crippen LogP contribution is 2.30. The van der Waals surface area contributed by atoms with E-state index in [1.54, 1.807) is 12.1 Å². The number of β-amino-alcohol motifs (C(OH)–C–C–N with tert-alkyl or cyclic N) is 1. The Hall–Kier alpha value is -3.00. The Balaban J connectivity index is 1.63. The highest BCUT2D eigenvalue weighted by Gasteiger charge is 2.25. The number of nitrogens with zero attached hydrogens (tertiary/aromatic N) is 2. The van der Waals surface area contributed by atoms with E-state index in [2.05, 4.69) is 66.8 Å². The van der Waals surface area contributed by atoms with E-state index in [4.69, 9.17) is 4.74 Å². The van der Waals surface area contributed by atoms with Crippen molar-refractivity contribution >= 4 is 17.0 Å². The maximum Gasteiger partial charge on any atom is 0.263 e. The summed E-state index contributed by atoms with van der Waals surface area (Å²) < 4.78 is 31.9. The molecule has 0 aliphatic carbocycles. The van der Waals surface area contributed by atoms with Crippen LogP contribution >= 0.6 is 0 Å². The van der Waals surface area contributed by atoms with Crippen molar-refractivity contribution in [3.8, 4) is 0 Å². The zero-order valence-electron chi connectivity index (χ0n) is 21.2. The topological polar surface area (TPSA) is 48.0 Å². The summed E-state index contributed by atoms with van der Waals surface area (Å²) in [6, 6.07) is 12.5. The van der Waals surface area contributed by atoms with Gasteiger partial charge in [0.1, 0.15) is 0 Å². The SMILES string of the molecule is C=C(Nc1ccc(C)c(C(=C/C(C)N2CCOC2)/C=C(\C)N2CC(O)C2)c1)c1cccc(C(F)F)c1. The fraction of sp³-hybridized carbons (Fsp3) is 0.379. The van der Waals surface area contributed by atoms with Crippen LogP contribution in [0.3, 0.4) is 0 Å². The van der Waals surface area contributed by atoms with Gasteiger partial charge >= 0.3 is 0 Å². The van der Waals surface area contributed by atoms with Crippen LogP contribution in [0, 0.1) is 6.92 Å². The number of allylic oxidation sites excluding steroid dienone is 3. The molecule has 1 unspecified atom stereocenters. The zero-order valence-corrected chi connectivity index (χ0v) is 21.2. The summed E-state index contributed by atoms with van der Waals surface area (Å²) in [4.78, 5) is 4.45. The number of alkyl halides is 2. The van der Waals surface area contributed by atoms with Crippen LogP contribution < -0.4 is 5.32 Å². The molecule has 1 atom stereocenters. The average Bonchev–Trinajstić information content (AvgIpc) is 3.38. The van der Waals surface area contributed by atoms with Crippen LogP contribution in [0.5, 0.6) is 0 Å². The third-order valence-electron chi connectivity index (χ3n) is 6.83. The summed E-state index contributed by atoms with van der Waals surface area (Å²) in [5, 5.41) is 13.0. The first-order valence-electron chi connectivity index (χ1n) is 12.3. The number of likely N-dealkylation sites (tertiary alicyclic amines) is 1. The van der Waals surface area contributed by atoms with Crippen molar-refractivity contribution in [1.29, 1.82) is 0 Å². The Labute approximate surface area is 212 Å². The molecule has 2 saturated heterocycles. The second kappa shape index (κ2) is 11.4. The molecule has 0 saturated carbocycles. The molecule has 2 aromatic rings. The van der Waals surface area contributed by atoms with Crippen LogP contribution in [0.2, 0.25) is 0 Å². The normalized spacial score (nSPS) is 18.5. The highest BCUT2D eigenvalue weighted by molar-refractivity contribution is 5.82. The first kappa shape index (κ1) is 26.1. The number of aryl methyl sites for hydroxylation is 1. The fourth-order valence-electron chi connectivity index (χ4n) is 4.51. The van der Waals surface area contributed by atoms with Crippen molar-refractivity contribution < 1.29 is 18.6 Å². The number of aliphatic hydroxyl groups is 1. The van der Waals surface area contributed by atoms with Gasteiger partial charge in [0.15, 0.2) is 0 Å². The van der Waals surface area contributed by atoms with Crippen molar-refractivity contribution in [1.82, 2.24) is 9.80 Å². The molecule has 0 amide bonds. The van der Waals surface area contributed by atoms with Crippen LogP contribution in [0.4, 0.5) is 14.5 Å². The van der Waals surface area contributed by atoms with E-state index in [1.165, 1.54) is 12.1 Å². The lowest BCUT2D eigenvalue weighted by Gasteiger charge is -2.38. The van der Waals surface area contributed by atoms with Gasteiger partial charge in [-0.15, -0.1) is 0 Å². The quantitative estimate of drug-likeness (QED) is 0.440. The average molecular weight is 496 g/mol. The Bertz CT molecular complexity index is 1150. The lowest BCUT2D eigenvalue weighted by atomic mass is 9.96. The van der Waals surface area contributed by atoms with Crippen LogP contribution in [0.25, 0.3) is 11.3 Å². The maximum absolute atomic E-state index is 13.2. The summed E-state index contributed by atoms with van der Waals surface area (Å²) in [6.07, 6.45) is 1.63. The minimum Gasteiger partial charge on any atom is -0.389 e. The molecule has 0 bridgehead atoms. The number of halogens is 2. The Morgan fingerprint density at radius 3 is 2.67 bits per heavy atom. The van der Waals surface area contributed by atoms with Gasteiger partial charge in [0.25, 0.3) is 6.43 Å². The molecule has 0 aromatic heterocycles. The Kier molecular flexibility index (Phi) is 8.24. The van der Waals surface area contributed by atoms with Gasteiger partial charge in [0, 0.05) is 48.3 Å². The largest absolute Gasteiger partial charge is 0.389 e. The van der Waals surface area contributed by atoms with Crippen LogP contribution in [-0.4, -0.2) is 60.0 Å². The van der Waals surface area contributed by atoms with Gasteiger partial charge in [-0.3, -0.25) is 4.90 Å². The lowest BCUT2D eigenvalue weighted by molar-refractivity contribution is 0.0248. The van der Waals surface area contributed by atoms with Crippen molar-refractivity contribution in [3.05, 3.63) is 89.1 Å². The maximum atomic E-state index is 13.2. The number of benzene rings is 2. The van der Waals surface area contributed by atoms with Gasteiger partial charge in [0.2, 0.25) is 0 Å². The van der Waals surface area contributed by atoms with E-state index < -0.39 is 6.43 Å². The fourth-order valence-corrected chi connectivity index (χ4v) is 4.51. The van der Waals surface area contributed by atoms with Gasteiger partial charge in [-0.25, -0.2) is 8.78 Å². The van der Waals surface area contributed by atoms with Crippen molar-refractivity contribution in [2.24, 2.45) is 0 Å². The highest BCUT2D eigenvalue weighted by atomic mass is 19.3. The molecule has 192 valence electrons. The molecule has 2 heterocycles. The van der Waals surface area contributed by atoms with Crippen LogP contribution in [0.1, 0.15) is 42.5 Å². The van der Waals surface area contributed by atoms with E-state index >= 15 is 0 Å². The van der Waals surface area contributed by atoms with Crippen molar-refractivity contribution in [2.45, 2.75) is 39.3 Å². The number of ether oxygens (including phenoxy) is 1. The van der Waals surface area contributed by atoms with E-state index in [0.29, 0.717) is 31.1 Å². The Morgan fingerprint density at radius 2 is 2.00 bits per heavy atom. The second-order valence-corrected chi connectivity index (χ2v) is 9.62. The van der Waals surface area contributed by atoms with Gasteiger partial charge in [-0.1, -0.05) is 36.9 Å². The zero-order chi connectivity index (χ0) is 25.8. The standard InChI is InChI=1S/C29H35F2N3O2/c1-19-8-9-26(32-22(4)23-6-5-7-24(14-23)29(30)31)15-28(19)25(12-20(2)33-10-11-36-18-33)13-21(3)34-16-27(35)17-34/h5-9,12-15,20,27,29,32,35H,4,10-11,16-18H2,1-3H3/b21-13+,25-12+. The second-order valence-electron chi connectivity index (χ2n) is 9.62. The molecule has 2 aliphatic heterocycles. The molecular formula is C29H35F2N3O2. The summed E-state index contributed by atoms with van der Waals surface area (Å²) in [6.45, 7) is 13.9. The minimum atomic E-state index is -2.53. The molecule has 36 heavy (non-hydrogen) atoms. The van der Waals surface area contributed by atoms with E-state index in [0.717, 1.165) is 41.2 Å². The predicted molar refractivity (Wildman–Crippen MR) is 142 cm³/mol. The van der Waals surface area contributed by atoms with Crippen molar-refractivity contribution in [3.63, 3.8) is 0 Å². The smallest absolute Gasteiger partial charge is 0.263 e. The molecular weight excluding hydrogens is 460 g/mol. The van der Waals surface area contributed by atoms with Gasteiger partial charge in [-0.2, -0.15) is 0 Å². The van der Waals surface area contributed by atoms with Crippen LogP contribution in [-0.2, 0) is 4.74 Å². The molecule has 0 spiro atoms. The lowest BCUT2D eigenvalue weighted by Crippen LogP contribution is -2.49. The Morgan fingerprint density at radius 1 is 1.22 bits per heavy atom. The van der Waals surface area contributed by atoms with E-state index in [9.17, 15) is 13.9 Å². The molecule has 4 rings (SSSR count). The van der Waals surface area contributed by atoms with E-state index in [1.807, 2.05) is 6.07 Å². The number of rotatable bonds is 9. The van der Waals surface area contributed by atoms with Gasteiger partial charge in [0.05, 0.1) is 19.4 Å². The third-order valence-corrected chi connectivity index (χ3v) is 6.83. The summed E-state index contributed by atoms with van der Waals surface area (Å²) in [5.41, 5.74) is 6.36. The summed E-state index contributed by atoms with van der Waals surface area (Å²) >= 11 is 0. The number of anilines is 1. The first-order chi connectivity index (χ1) is 17.2. The number of hydrogen-bond donors (Lipinski definition) is 2. The molecule has 0 radical (unpaired) electrons. The molecule has 2 N–H and O–H groups in total. The van der Waals surface area contributed by atoms with Crippen molar-refractivity contribution in [2.75, 3.05) is 38.3 Å². The number of hydrogen-bond acceptors (Lipinski definition) is 5. The van der Waals surface area contributed by atoms with E-state index in [-0.39, 0.29) is 17.7 Å². The number of nitrogens with one attached hydrogen (secondary N) is 1. The third kappa shape index (κ3) is 6.22. The summed E-state index contributed by atoms with van der Waals surface area (Å²) in [7, 11) is 0. The minimum absolute atomic E-state index is 0.0260. The molecule has 2 aliphatic rings. The van der Waals surface area contributed by atoms with Gasteiger partial charge in [-0.05, 0) is 67.3 Å². The predicted octanol–water partition coefficient (Wildman–Crippen LogP) is 5.66. The monoisotopic (exact) mass is 495 g/mol. The van der Waals surface area contributed by atoms with Crippen LogP contribution in [0.15, 0.2) is 66.9 Å². The van der Waals surface area contributed by atoms with Gasteiger partial charge < -0.3 is 20.1 Å². The number of aliphatic hydroxyl groups excluding tert-OH is 1. The molecule has 7 heteroatoms. The molecule has 5 nitrogen and oxygen atoms in total.